The molecule has 0 aromatic heterocycles. The first-order chi connectivity index (χ1) is 52.7. The van der Waals surface area contributed by atoms with E-state index in [0.717, 1.165) is 105 Å². The van der Waals surface area contributed by atoms with Crippen molar-refractivity contribution in [1.29, 1.82) is 0 Å². The number of hydrogen-bond donors (Lipinski definition) is 3. The number of hydrogen-bond acceptors (Lipinski definition) is 16. The summed E-state index contributed by atoms with van der Waals surface area (Å²) in [4.78, 5) is 91.7. The average Bonchev–Trinajstić information content (AvgIpc) is 1.68. The number of cyclic esters (lactones) is 3. The van der Waals surface area contributed by atoms with E-state index in [9.17, 15) is 33.6 Å². The molecule has 14 rings (SSSR count). The van der Waals surface area contributed by atoms with Crippen molar-refractivity contribution in [1.82, 2.24) is 10.6 Å². The maximum atomic E-state index is 12.4. The molecule has 0 aliphatic carbocycles. The van der Waals surface area contributed by atoms with E-state index in [1.807, 2.05) is 91.0 Å². The lowest BCUT2D eigenvalue weighted by molar-refractivity contribution is -0.145. The van der Waals surface area contributed by atoms with Gasteiger partial charge in [0, 0.05) is 126 Å². The van der Waals surface area contributed by atoms with Crippen molar-refractivity contribution in [2.24, 2.45) is 0 Å². The smallest absolute Gasteiger partial charge is 0.339 e. The Bertz CT molecular complexity index is 3760. The van der Waals surface area contributed by atoms with Gasteiger partial charge in [-0.2, -0.15) is 0 Å². The van der Waals surface area contributed by atoms with Crippen molar-refractivity contribution in [3.63, 3.8) is 0 Å². The van der Waals surface area contributed by atoms with Gasteiger partial charge in [0.15, 0.2) is 0 Å². The molecule has 5 atom stereocenters. The highest BCUT2D eigenvalue weighted by Crippen LogP contribution is 2.35. The van der Waals surface area contributed by atoms with E-state index in [2.05, 4.69) is 95.8 Å². The van der Waals surface area contributed by atoms with Crippen LogP contribution >= 0.6 is 0 Å². The largest absolute Gasteiger partial charge is 0.481 e. The fourth-order valence-electron chi connectivity index (χ4n) is 15.4. The predicted octanol–water partition coefficient (Wildman–Crippen LogP) is 15.4. The summed E-state index contributed by atoms with van der Waals surface area (Å²) < 4.78 is 22.0. The van der Waals surface area contributed by atoms with Crippen LogP contribution in [0.5, 0.6) is 0 Å². The lowest BCUT2D eigenvalue weighted by atomic mass is 9.95. The molecule has 8 aliphatic rings. The number of ether oxygens (including phenoxy) is 4. The zero-order valence-corrected chi connectivity index (χ0v) is 63.8. The van der Waals surface area contributed by atoms with Gasteiger partial charge in [0.2, 0.25) is 11.8 Å². The second-order valence-corrected chi connectivity index (χ2v) is 29.8. The van der Waals surface area contributed by atoms with E-state index in [1.54, 1.807) is 6.08 Å². The highest BCUT2D eigenvalue weighted by atomic mass is 16.6. The van der Waals surface area contributed by atoms with Crippen LogP contribution in [0.15, 0.2) is 158 Å². The number of anilines is 5. The summed E-state index contributed by atoms with van der Waals surface area (Å²) in [6, 6.07) is 50.9. The van der Waals surface area contributed by atoms with E-state index in [-0.39, 0.29) is 66.3 Å². The Morgan fingerprint density at radius 3 is 1.19 bits per heavy atom. The van der Waals surface area contributed by atoms with Gasteiger partial charge in [-0.15, -0.1) is 0 Å². The van der Waals surface area contributed by atoms with E-state index in [4.69, 9.17) is 24.1 Å². The van der Waals surface area contributed by atoms with Crippen LogP contribution in [0.3, 0.4) is 0 Å². The van der Waals surface area contributed by atoms with Crippen molar-refractivity contribution >= 4 is 76.0 Å². The number of nitrogens with one attached hydrogen (secondary N) is 2. The fourth-order valence-corrected chi connectivity index (χ4v) is 15.4. The van der Waals surface area contributed by atoms with Crippen LogP contribution in [0.2, 0.25) is 0 Å². The molecular formula is C89H115N7O12. The third-order valence-corrected chi connectivity index (χ3v) is 21.5. The third-order valence-electron chi connectivity index (χ3n) is 21.5. The number of carbonyl (C=O) groups is 7. The Kier molecular flexibility index (Phi) is 32.6. The number of rotatable bonds is 19. The SMILES string of the molecule is CC(=O)NCC1C=C(c2ccc(N3CCCCCC3)cc2)C(=O)O1.CC(=O)NCC1CC(c2ccc(N3CCCCCC3)cc2)C(=O)O1.O=C(O)Cc1ccc(N2CCCCCC2)cc1.O=C1OC(COCc2ccccc2)CC1c1ccc(N2CCCCCC2)cc1.O=Cc1ccc(N2CCCCCC2)cc1. The van der Waals surface area contributed by atoms with E-state index >= 15 is 0 Å². The Morgan fingerprint density at radius 1 is 0.435 bits per heavy atom. The minimum absolute atomic E-state index is 0.101. The lowest BCUT2D eigenvalue weighted by Gasteiger charge is -2.23. The molecule has 8 heterocycles. The first kappa shape index (κ1) is 81.0. The van der Waals surface area contributed by atoms with Gasteiger partial charge >= 0.3 is 23.9 Å². The maximum Gasteiger partial charge on any atom is 0.339 e. The molecule has 0 bridgehead atoms. The van der Waals surface area contributed by atoms with Crippen molar-refractivity contribution < 1.29 is 57.6 Å². The number of aliphatic carboxylic acids is 1. The highest BCUT2D eigenvalue weighted by Gasteiger charge is 2.37. The van der Waals surface area contributed by atoms with Gasteiger partial charge < -0.3 is 59.2 Å². The molecule has 7 fully saturated rings. The normalized spacial score (nSPS) is 21.0. The molecule has 0 saturated carbocycles. The topological polar surface area (TPSA) is 217 Å². The molecule has 0 radical (unpaired) electrons. The lowest BCUT2D eigenvalue weighted by Crippen LogP contribution is -2.30. The van der Waals surface area contributed by atoms with Crippen LogP contribution in [0.4, 0.5) is 28.4 Å². The van der Waals surface area contributed by atoms with Gasteiger partial charge in [-0.3, -0.25) is 28.8 Å². The van der Waals surface area contributed by atoms with Crippen molar-refractivity contribution in [3.05, 3.63) is 191 Å². The van der Waals surface area contributed by atoms with Crippen molar-refractivity contribution in [2.75, 3.05) is 110 Å². The second-order valence-electron chi connectivity index (χ2n) is 29.8. The van der Waals surface area contributed by atoms with Gasteiger partial charge in [-0.25, -0.2) is 4.79 Å². The Hall–Kier alpha value is -9.49. The Balaban J connectivity index is 0.000000146. The number of aldehydes is 1. The molecule has 578 valence electrons. The summed E-state index contributed by atoms with van der Waals surface area (Å²) in [6.07, 6.45) is 29.2. The van der Waals surface area contributed by atoms with Crippen molar-refractivity contribution in [3.8, 4) is 0 Å². The van der Waals surface area contributed by atoms with Gasteiger partial charge in [-0.1, -0.05) is 143 Å². The minimum Gasteiger partial charge on any atom is -0.481 e. The number of carboxylic acid groups (broad SMARTS) is 1. The molecule has 3 N–H and O–H groups in total. The molecule has 8 aliphatic heterocycles. The van der Waals surface area contributed by atoms with Crippen LogP contribution in [-0.2, 0) is 60.7 Å². The molecule has 19 nitrogen and oxygen atoms in total. The van der Waals surface area contributed by atoms with Gasteiger partial charge in [0.1, 0.15) is 24.6 Å². The van der Waals surface area contributed by atoms with Crippen LogP contribution in [0.25, 0.3) is 5.57 Å². The maximum absolute atomic E-state index is 12.4. The summed E-state index contributed by atoms with van der Waals surface area (Å²) in [7, 11) is 0. The molecule has 108 heavy (non-hydrogen) atoms. The second kappa shape index (κ2) is 43.5. The Morgan fingerprint density at radius 2 is 0.796 bits per heavy atom. The van der Waals surface area contributed by atoms with Crippen LogP contribution < -0.4 is 35.1 Å². The van der Waals surface area contributed by atoms with Crippen LogP contribution in [0.1, 0.15) is 205 Å². The number of amides is 2. The number of nitrogens with zero attached hydrogens (tertiary/aromatic N) is 5. The van der Waals surface area contributed by atoms with Crippen LogP contribution in [0, 0.1) is 0 Å². The van der Waals surface area contributed by atoms with Gasteiger partial charge in [0.05, 0.1) is 50.1 Å². The quantitative estimate of drug-likeness (QED) is 0.0390. The first-order valence-corrected chi connectivity index (χ1v) is 40.1. The summed E-state index contributed by atoms with van der Waals surface area (Å²) in [6.45, 7) is 15.9. The summed E-state index contributed by atoms with van der Waals surface area (Å²) >= 11 is 0. The molecule has 6 aromatic rings. The van der Waals surface area contributed by atoms with E-state index in [1.165, 1.54) is 171 Å². The van der Waals surface area contributed by atoms with Crippen LogP contribution in [-0.4, -0.2) is 151 Å². The van der Waals surface area contributed by atoms with E-state index in [0.29, 0.717) is 44.7 Å². The molecule has 5 unspecified atom stereocenters. The van der Waals surface area contributed by atoms with Gasteiger partial charge in [0.25, 0.3) is 0 Å². The number of carbonyl (C=O) groups excluding carboxylic acids is 6. The number of benzene rings is 6. The standard InChI is InChI=1S/C24H29NO3.C19H26N2O3.C19H24N2O3.C14H19NO2.C13H17NO/c26-24-23(16-22(28-24)18-27-17-19-8-4-3-5-9-19)20-10-12-21(13-11-20)25-14-6-1-2-7-15-25;2*1-14(22)20-13-17-12-18(19(23)24-17)15-6-8-16(9-7-15)21-10-4-2-3-5-11-21;16-14(17)11-12-5-7-13(8-6-12)15-9-3-1-2-4-10-15;15-11-12-5-7-13(8-6-12)14-9-3-1-2-4-10-14/h3-5,8-13,22-23H,1-2,6-7,14-18H2;6-9,17-18H,2-5,10-13H2,1H3,(H,20,22);6-9,12,17H,2-5,10-11,13H2,1H3,(H,20,22);5-8H,1-4,9-11H2,(H,16,17);5-8,11H,1-4,9-10H2. The van der Waals surface area contributed by atoms with Crippen molar-refractivity contribution in [2.45, 2.75) is 198 Å². The van der Waals surface area contributed by atoms with Gasteiger partial charge in [-0.05, 0) is 171 Å². The zero-order valence-electron chi connectivity index (χ0n) is 63.8. The highest BCUT2D eigenvalue weighted by molar-refractivity contribution is 6.18. The predicted molar refractivity (Wildman–Crippen MR) is 428 cm³/mol. The molecule has 0 spiro atoms. The Labute approximate surface area is 640 Å². The molecule has 19 heteroatoms. The monoisotopic (exact) mass is 1470 g/mol. The molecule has 7 saturated heterocycles. The third kappa shape index (κ3) is 26.1. The zero-order chi connectivity index (χ0) is 75.7. The minimum atomic E-state index is -0.771. The molecule has 6 aromatic carbocycles. The fraction of sp³-hybridized carbons (Fsp3) is 0.494. The molecule has 2 amide bonds. The number of esters is 3. The van der Waals surface area contributed by atoms with E-state index < -0.39 is 5.97 Å². The summed E-state index contributed by atoms with van der Waals surface area (Å²) in [5, 5.41) is 14.1. The molecular weight excluding hydrogens is 1360 g/mol. The summed E-state index contributed by atoms with van der Waals surface area (Å²) in [5.74, 6) is -2.04. The number of carboxylic acids is 1. The average molecular weight is 1470 g/mol. The summed E-state index contributed by atoms with van der Waals surface area (Å²) in [5.41, 5.74) is 12.4. The first-order valence-electron chi connectivity index (χ1n) is 40.1.